The quantitative estimate of drug-likeness (QED) is 0.716. The molecule has 0 aliphatic rings. The predicted octanol–water partition coefficient (Wildman–Crippen LogP) is 1.34. The van der Waals surface area contributed by atoms with Crippen LogP contribution in [0.5, 0.6) is 5.88 Å². The Morgan fingerprint density at radius 3 is 2.60 bits per heavy atom. The Morgan fingerprint density at radius 1 is 1.60 bits per heavy atom. The van der Waals surface area contributed by atoms with Crippen LogP contribution in [-0.4, -0.2) is 12.1 Å². The number of hydrogen-bond donors (Lipinski definition) is 0. The van der Waals surface area contributed by atoms with E-state index in [0.29, 0.717) is 5.88 Å². The predicted molar refractivity (Wildman–Crippen MR) is 36.0 cm³/mol. The number of rotatable bonds is 1. The summed E-state index contributed by atoms with van der Waals surface area (Å²) in [6.07, 6.45) is 1.64. The van der Waals surface area contributed by atoms with Gasteiger partial charge in [-0.15, -0.1) is 6.07 Å². The van der Waals surface area contributed by atoms with Crippen molar-refractivity contribution >= 4 is 0 Å². The number of methoxy groups -OCH3 is 1. The molecule has 0 aliphatic carbocycles. The molecule has 0 radical (unpaired) electrons. The average molecular weight is 267 g/mol. The summed E-state index contributed by atoms with van der Waals surface area (Å²) >= 11 is 0. The van der Waals surface area contributed by atoms with Gasteiger partial charge in [0.25, 0.3) is 0 Å². The van der Waals surface area contributed by atoms with E-state index in [1.807, 2.05) is 0 Å². The zero-order valence-electron chi connectivity index (χ0n) is 6.09. The molecule has 0 aliphatic heterocycles. The summed E-state index contributed by atoms with van der Waals surface area (Å²) in [5, 5.41) is 0. The van der Waals surface area contributed by atoms with Gasteiger partial charge in [-0.1, -0.05) is 6.20 Å². The summed E-state index contributed by atoms with van der Waals surface area (Å²) in [7, 11) is 1.58. The molecule has 1 aromatic rings. The first kappa shape index (κ1) is 12.9. The van der Waals surface area contributed by atoms with Crippen molar-refractivity contribution in [3.05, 3.63) is 31.8 Å². The SMILES string of the molecule is COc1c[c-]ccn1.[CH3-].[Nd]. The van der Waals surface area contributed by atoms with Crippen LogP contribution >= 0.6 is 0 Å². The van der Waals surface area contributed by atoms with Crippen LogP contribution in [0.1, 0.15) is 0 Å². The van der Waals surface area contributed by atoms with E-state index in [9.17, 15) is 0 Å². The number of nitrogens with zero attached hydrogens (tertiary/aromatic N) is 1. The van der Waals surface area contributed by atoms with Crippen molar-refractivity contribution in [3.63, 3.8) is 0 Å². The average Bonchev–Trinajstić information content (AvgIpc) is 1.90. The van der Waals surface area contributed by atoms with E-state index in [0.717, 1.165) is 0 Å². The van der Waals surface area contributed by atoms with Gasteiger partial charge in [-0.05, 0) is 0 Å². The molecule has 1 rings (SSSR count). The maximum atomic E-state index is 4.77. The first-order chi connectivity index (χ1) is 3.93. The summed E-state index contributed by atoms with van der Waals surface area (Å²) in [5.74, 6) is 0.604. The van der Waals surface area contributed by atoms with Crippen LogP contribution in [-0.2, 0) is 0 Å². The smallest absolute Gasteiger partial charge is 0.0964 e. The molecule has 0 atom stereocenters. The Morgan fingerprint density at radius 2 is 2.30 bits per heavy atom. The van der Waals surface area contributed by atoms with Gasteiger partial charge in [0.05, 0.1) is 13.0 Å². The molecule has 1 heterocycles. The first-order valence-electron chi connectivity index (χ1n) is 2.29. The van der Waals surface area contributed by atoms with Crippen LogP contribution in [0.4, 0.5) is 0 Å². The van der Waals surface area contributed by atoms with Gasteiger partial charge in [0.1, 0.15) is 0 Å². The molecule has 0 bridgehead atoms. The molecule has 10 heavy (non-hydrogen) atoms. The number of ether oxygens (including phenoxy) is 1. The van der Waals surface area contributed by atoms with Gasteiger partial charge in [-0.25, -0.2) is 0 Å². The summed E-state index contributed by atoms with van der Waals surface area (Å²) in [5.41, 5.74) is 0. The normalized spacial score (nSPS) is 6.90. The largest absolute Gasteiger partial charge is 0.538 e. The van der Waals surface area contributed by atoms with E-state index in [1.54, 1.807) is 25.4 Å². The molecular weight excluding hydrogens is 258 g/mol. The van der Waals surface area contributed by atoms with E-state index >= 15 is 0 Å². The second-order valence-corrected chi connectivity index (χ2v) is 1.30. The third kappa shape index (κ3) is 4.17. The molecule has 2 nitrogen and oxygen atoms in total. The molecular formula is C7H9NNdO-2. The van der Waals surface area contributed by atoms with Gasteiger partial charge in [-0.3, -0.25) is 0 Å². The van der Waals surface area contributed by atoms with E-state index in [-0.39, 0.29) is 48.3 Å². The first-order valence-corrected chi connectivity index (χ1v) is 2.29. The van der Waals surface area contributed by atoms with Gasteiger partial charge in [0, 0.05) is 40.8 Å². The van der Waals surface area contributed by atoms with Crippen molar-refractivity contribution in [2.75, 3.05) is 7.11 Å². The second kappa shape index (κ2) is 7.41. The number of hydrogen-bond acceptors (Lipinski definition) is 2. The Hall–Kier alpha value is 0.301. The zero-order valence-corrected chi connectivity index (χ0v) is 9.30. The van der Waals surface area contributed by atoms with Gasteiger partial charge < -0.3 is 17.1 Å². The fourth-order valence-electron chi connectivity index (χ4n) is 0.422. The minimum Gasteiger partial charge on any atom is -0.538 e. The number of aromatic nitrogens is 1. The van der Waals surface area contributed by atoms with Crippen molar-refractivity contribution < 1.29 is 45.6 Å². The van der Waals surface area contributed by atoms with Crippen molar-refractivity contribution in [2.45, 2.75) is 0 Å². The van der Waals surface area contributed by atoms with Crippen LogP contribution in [0, 0.1) is 54.3 Å². The summed E-state index contributed by atoms with van der Waals surface area (Å²) in [6, 6.07) is 6.23. The summed E-state index contributed by atoms with van der Waals surface area (Å²) in [6.45, 7) is 0. The molecule has 1 aromatic heterocycles. The van der Waals surface area contributed by atoms with Gasteiger partial charge >= 0.3 is 0 Å². The van der Waals surface area contributed by atoms with E-state index in [2.05, 4.69) is 11.1 Å². The Balaban J connectivity index is 0. The zero-order chi connectivity index (χ0) is 5.82. The van der Waals surface area contributed by atoms with Gasteiger partial charge in [-0.2, -0.15) is 12.1 Å². The van der Waals surface area contributed by atoms with Crippen molar-refractivity contribution in [3.8, 4) is 5.88 Å². The molecule has 0 amide bonds. The topological polar surface area (TPSA) is 22.1 Å². The monoisotopic (exact) mass is 265 g/mol. The minimum absolute atomic E-state index is 0. The molecule has 0 unspecified atom stereocenters. The van der Waals surface area contributed by atoms with Crippen molar-refractivity contribution in [1.29, 1.82) is 0 Å². The van der Waals surface area contributed by atoms with Gasteiger partial charge in [0.15, 0.2) is 0 Å². The summed E-state index contributed by atoms with van der Waals surface area (Å²) < 4.78 is 4.77. The third-order valence-corrected chi connectivity index (χ3v) is 0.788. The van der Waals surface area contributed by atoms with Crippen LogP contribution in [0.15, 0.2) is 18.3 Å². The Labute approximate surface area is 94.5 Å². The fraction of sp³-hybridized carbons (Fsp3) is 0.143. The van der Waals surface area contributed by atoms with Crippen LogP contribution in [0.2, 0.25) is 0 Å². The molecule has 0 aromatic carbocycles. The minimum atomic E-state index is 0. The molecule has 54 valence electrons. The van der Waals surface area contributed by atoms with E-state index < -0.39 is 0 Å². The van der Waals surface area contributed by atoms with Crippen LogP contribution in [0.3, 0.4) is 0 Å². The van der Waals surface area contributed by atoms with Crippen molar-refractivity contribution in [2.24, 2.45) is 0 Å². The molecule has 3 heteroatoms. The maximum absolute atomic E-state index is 4.77. The van der Waals surface area contributed by atoms with Gasteiger partial charge in [0.2, 0.25) is 0 Å². The third-order valence-electron chi connectivity index (χ3n) is 0.788. The molecule has 0 saturated carbocycles. The summed E-state index contributed by atoms with van der Waals surface area (Å²) in [4.78, 5) is 3.84. The van der Waals surface area contributed by atoms with Crippen LogP contribution in [0.25, 0.3) is 0 Å². The van der Waals surface area contributed by atoms with Crippen molar-refractivity contribution in [1.82, 2.24) is 4.98 Å². The second-order valence-electron chi connectivity index (χ2n) is 1.30. The fourth-order valence-corrected chi connectivity index (χ4v) is 0.422. The number of pyridine rings is 1. The molecule has 0 spiro atoms. The maximum Gasteiger partial charge on any atom is 0.0964 e. The van der Waals surface area contributed by atoms with E-state index in [4.69, 9.17) is 4.74 Å². The standard InChI is InChI=1S/C6H6NO.CH3.Nd/c1-8-6-4-2-3-5-7-6;;/h3-5H,1H3;1H3;/q2*-1;. The molecule has 0 fully saturated rings. The Kier molecular flexibility index (Phi) is 9.58. The van der Waals surface area contributed by atoms with Crippen LogP contribution < -0.4 is 4.74 Å². The Bertz CT molecular complexity index is 155. The molecule has 0 saturated heterocycles. The van der Waals surface area contributed by atoms with E-state index in [1.165, 1.54) is 0 Å². The molecule has 0 N–H and O–H groups in total.